The van der Waals surface area contributed by atoms with Gasteiger partial charge in [-0.1, -0.05) is 30.0 Å². The number of likely N-dealkylation sites (tertiary alicyclic amines) is 1. The van der Waals surface area contributed by atoms with Crippen LogP contribution in [0.4, 0.5) is 4.39 Å². The molecule has 2 aliphatic heterocycles. The molecule has 0 bridgehead atoms. The second-order valence-electron chi connectivity index (χ2n) is 6.50. The Bertz CT molecular complexity index is 676. The fourth-order valence-electron chi connectivity index (χ4n) is 3.55. The summed E-state index contributed by atoms with van der Waals surface area (Å²) in [7, 11) is 0. The van der Waals surface area contributed by atoms with E-state index in [4.69, 9.17) is 22.8 Å². The second kappa shape index (κ2) is 8.18. The van der Waals surface area contributed by atoms with Gasteiger partial charge in [0.25, 0.3) is 0 Å². The first-order chi connectivity index (χ1) is 12.1. The molecule has 1 amide bonds. The maximum atomic E-state index is 13.4. The van der Waals surface area contributed by atoms with E-state index >= 15 is 0 Å². The topological polar surface area (TPSA) is 32.8 Å². The van der Waals surface area contributed by atoms with E-state index in [0.717, 1.165) is 31.4 Å². The number of benzene rings is 1. The lowest BCUT2D eigenvalue weighted by molar-refractivity contribution is -0.145. The van der Waals surface area contributed by atoms with E-state index in [1.54, 1.807) is 12.1 Å². The van der Waals surface area contributed by atoms with Gasteiger partial charge in [0.05, 0.1) is 30.8 Å². The predicted molar refractivity (Wildman–Crippen MR) is 94.7 cm³/mol. The zero-order valence-electron chi connectivity index (χ0n) is 14.1. The fourth-order valence-corrected chi connectivity index (χ4v) is 3.74. The molecule has 1 aromatic carbocycles. The van der Waals surface area contributed by atoms with Gasteiger partial charge in [-0.15, -0.1) is 6.42 Å². The molecular formula is C19H22ClFN2O2. The van der Waals surface area contributed by atoms with Crippen molar-refractivity contribution in [2.75, 3.05) is 32.8 Å². The molecule has 4 nitrogen and oxygen atoms in total. The third-order valence-corrected chi connectivity index (χ3v) is 5.18. The maximum Gasteiger partial charge on any atom is 0.240 e. The largest absolute Gasteiger partial charge is 0.370 e. The van der Waals surface area contributed by atoms with Crippen molar-refractivity contribution in [2.24, 2.45) is 0 Å². The summed E-state index contributed by atoms with van der Waals surface area (Å²) < 4.78 is 19.2. The van der Waals surface area contributed by atoms with Gasteiger partial charge in [-0.3, -0.25) is 9.69 Å². The van der Waals surface area contributed by atoms with E-state index in [1.807, 2.05) is 4.90 Å². The Morgan fingerprint density at radius 3 is 3.00 bits per heavy atom. The zero-order valence-corrected chi connectivity index (χ0v) is 14.8. The summed E-state index contributed by atoms with van der Waals surface area (Å²) in [4.78, 5) is 16.9. The number of amides is 1. The van der Waals surface area contributed by atoms with Crippen LogP contribution in [0.15, 0.2) is 18.2 Å². The molecule has 3 rings (SSSR count). The molecule has 1 aromatic rings. The smallest absolute Gasteiger partial charge is 0.240 e. The third-order valence-electron chi connectivity index (χ3n) is 4.89. The number of hydrogen-bond acceptors (Lipinski definition) is 3. The van der Waals surface area contributed by atoms with Gasteiger partial charge < -0.3 is 9.64 Å². The molecule has 0 N–H and O–H groups in total. The summed E-state index contributed by atoms with van der Waals surface area (Å²) in [5.74, 6) is 2.30. The van der Waals surface area contributed by atoms with Gasteiger partial charge in [-0.25, -0.2) is 4.39 Å². The maximum absolute atomic E-state index is 13.4. The molecule has 134 valence electrons. The number of halogens is 2. The number of nitrogens with zero attached hydrogens (tertiary/aromatic N) is 2. The summed E-state index contributed by atoms with van der Waals surface area (Å²) in [5.41, 5.74) is 0.785. The van der Waals surface area contributed by atoms with Crippen LogP contribution < -0.4 is 0 Å². The highest BCUT2D eigenvalue weighted by Crippen LogP contribution is 2.27. The highest BCUT2D eigenvalue weighted by Gasteiger charge is 2.34. The van der Waals surface area contributed by atoms with Crippen LogP contribution in [0.2, 0.25) is 5.02 Å². The van der Waals surface area contributed by atoms with Crippen LogP contribution in [0.3, 0.4) is 0 Å². The van der Waals surface area contributed by atoms with Gasteiger partial charge in [0, 0.05) is 6.54 Å². The first-order valence-corrected chi connectivity index (χ1v) is 9.01. The average molecular weight is 365 g/mol. The van der Waals surface area contributed by atoms with Gasteiger partial charge in [-0.2, -0.15) is 0 Å². The Labute approximate surface area is 152 Å². The van der Waals surface area contributed by atoms with Crippen LogP contribution in [0.5, 0.6) is 0 Å². The van der Waals surface area contributed by atoms with Gasteiger partial charge in [0.15, 0.2) is 0 Å². The van der Waals surface area contributed by atoms with Crippen LogP contribution in [0.25, 0.3) is 0 Å². The number of ether oxygens (including phenoxy) is 1. The highest BCUT2D eigenvalue weighted by molar-refractivity contribution is 6.30. The van der Waals surface area contributed by atoms with Crippen molar-refractivity contribution in [2.45, 2.75) is 31.4 Å². The first kappa shape index (κ1) is 18.2. The van der Waals surface area contributed by atoms with Crippen LogP contribution in [-0.2, 0) is 9.53 Å². The molecule has 0 spiro atoms. The Morgan fingerprint density at radius 2 is 2.24 bits per heavy atom. The number of terminal acetylenes is 1. The summed E-state index contributed by atoms with van der Waals surface area (Å²) in [5, 5.41) is 0.0667. The van der Waals surface area contributed by atoms with Crippen molar-refractivity contribution in [3.63, 3.8) is 0 Å². The minimum Gasteiger partial charge on any atom is -0.370 e. The molecule has 0 aliphatic carbocycles. The van der Waals surface area contributed by atoms with E-state index in [2.05, 4.69) is 10.8 Å². The minimum absolute atomic E-state index is 0.0667. The highest BCUT2D eigenvalue weighted by atomic mass is 35.5. The predicted octanol–water partition coefficient (Wildman–Crippen LogP) is 2.87. The van der Waals surface area contributed by atoms with Crippen molar-refractivity contribution in [3.8, 4) is 12.3 Å². The Balaban J connectivity index is 1.70. The molecule has 0 saturated carbocycles. The van der Waals surface area contributed by atoms with E-state index in [0.29, 0.717) is 26.2 Å². The monoisotopic (exact) mass is 364 g/mol. The van der Waals surface area contributed by atoms with Gasteiger partial charge in [-0.05, 0) is 37.1 Å². The molecule has 2 aliphatic rings. The van der Waals surface area contributed by atoms with Crippen molar-refractivity contribution >= 4 is 17.5 Å². The number of hydrogen-bond donors (Lipinski definition) is 0. The molecule has 25 heavy (non-hydrogen) atoms. The molecule has 2 atom stereocenters. The number of carbonyl (C=O) groups excluding carboxylic acids is 1. The van der Waals surface area contributed by atoms with Crippen molar-refractivity contribution in [1.82, 2.24) is 9.80 Å². The lowest BCUT2D eigenvalue weighted by Crippen LogP contribution is -2.53. The van der Waals surface area contributed by atoms with Crippen LogP contribution >= 0.6 is 11.6 Å². The molecule has 2 heterocycles. The minimum atomic E-state index is -0.457. The van der Waals surface area contributed by atoms with Crippen LogP contribution in [0.1, 0.15) is 30.9 Å². The molecule has 6 heteroatoms. The van der Waals surface area contributed by atoms with E-state index in [-0.39, 0.29) is 23.1 Å². The lowest BCUT2D eigenvalue weighted by atomic mass is 10.00. The summed E-state index contributed by atoms with van der Waals surface area (Å²) >= 11 is 5.87. The van der Waals surface area contributed by atoms with E-state index in [9.17, 15) is 9.18 Å². The van der Waals surface area contributed by atoms with Crippen LogP contribution in [0, 0.1) is 18.2 Å². The summed E-state index contributed by atoms with van der Waals surface area (Å²) in [6, 6.07) is 4.41. The van der Waals surface area contributed by atoms with Crippen LogP contribution in [-0.4, -0.2) is 54.5 Å². The Hall–Kier alpha value is -1.61. The SMILES string of the molecule is C#CCN1CCCCC1C(=O)N1CCOC(c2ccc(F)c(Cl)c2)C1. The molecule has 2 unspecified atom stereocenters. The number of piperidine rings is 1. The quantitative estimate of drug-likeness (QED) is 0.773. The van der Waals surface area contributed by atoms with Gasteiger partial charge >= 0.3 is 0 Å². The average Bonchev–Trinajstić information content (AvgIpc) is 2.64. The molecule has 2 saturated heterocycles. The zero-order chi connectivity index (χ0) is 17.8. The van der Waals surface area contributed by atoms with Gasteiger partial charge in [0.1, 0.15) is 11.9 Å². The van der Waals surface area contributed by atoms with Crippen molar-refractivity contribution in [3.05, 3.63) is 34.6 Å². The number of morpholine rings is 1. The standard InChI is InChI=1S/C19H22ClFN2O2/c1-2-8-22-9-4-3-5-17(22)19(24)23-10-11-25-18(13-23)14-6-7-16(21)15(20)12-14/h1,6-7,12,17-18H,3-5,8-11,13H2. The first-order valence-electron chi connectivity index (χ1n) is 8.63. The van der Waals surface area contributed by atoms with Gasteiger partial charge in [0.2, 0.25) is 5.91 Å². The number of rotatable bonds is 3. The Kier molecular flexibility index (Phi) is 5.95. The molecule has 0 aromatic heterocycles. The Morgan fingerprint density at radius 1 is 1.40 bits per heavy atom. The summed E-state index contributed by atoms with van der Waals surface area (Å²) in [6.07, 6.45) is 8.11. The second-order valence-corrected chi connectivity index (χ2v) is 6.91. The van der Waals surface area contributed by atoms with E-state index in [1.165, 1.54) is 6.07 Å². The fraction of sp³-hybridized carbons (Fsp3) is 0.526. The number of carbonyl (C=O) groups is 1. The van der Waals surface area contributed by atoms with E-state index < -0.39 is 5.82 Å². The lowest BCUT2D eigenvalue weighted by Gasteiger charge is -2.39. The molecular weight excluding hydrogens is 343 g/mol. The molecule has 2 fully saturated rings. The van der Waals surface area contributed by atoms with Crippen molar-refractivity contribution < 1.29 is 13.9 Å². The summed E-state index contributed by atoms with van der Waals surface area (Å²) in [6.45, 7) is 2.82. The third kappa shape index (κ3) is 4.14. The van der Waals surface area contributed by atoms with Crippen molar-refractivity contribution in [1.29, 1.82) is 0 Å². The normalized spacial score (nSPS) is 24.8. The molecule has 0 radical (unpaired) electrons.